The highest BCUT2D eigenvalue weighted by Crippen LogP contribution is 2.60. The largest absolute Gasteiger partial charge is 0.309 e. The van der Waals surface area contributed by atoms with Gasteiger partial charge in [0.2, 0.25) is 0 Å². The molecule has 13 aromatic rings. The molecule has 0 spiro atoms. The Morgan fingerprint density at radius 2 is 0.887 bits per heavy atom. The van der Waals surface area contributed by atoms with Crippen LogP contribution in [0.2, 0.25) is 0 Å². The first-order valence-electron chi connectivity index (χ1n) is 24.5. The zero-order chi connectivity index (χ0) is 46.9. The fourth-order valence-corrected chi connectivity index (χ4v) is 12.9. The molecule has 1 aliphatic carbocycles. The minimum absolute atomic E-state index is 0.557. The molecular formula is C69H45NS. The molecule has 0 fully saturated rings. The third-order valence-electron chi connectivity index (χ3n) is 14.9. The van der Waals surface area contributed by atoms with E-state index in [0.717, 1.165) is 33.8 Å². The Hall–Kier alpha value is -8.82. The van der Waals surface area contributed by atoms with Crippen LogP contribution >= 0.6 is 11.3 Å². The zero-order valence-electron chi connectivity index (χ0n) is 38.8. The Morgan fingerprint density at radius 1 is 0.296 bits per heavy atom. The van der Waals surface area contributed by atoms with Gasteiger partial charge in [-0.3, -0.25) is 0 Å². The number of hydrogen-bond donors (Lipinski definition) is 0. The fraction of sp³-hybridized carbons (Fsp3) is 0.0145. The molecular weight excluding hydrogens is 875 g/mol. The van der Waals surface area contributed by atoms with Crippen LogP contribution < -0.4 is 4.90 Å². The summed E-state index contributed by atoms with van der Waals surface area (Å²) in [4.78, 5) is 2.55. The minimum Gasteiger partial charge on any atom is -0.309 e. The van der Waals surface area contributed by atoms with Gasteiger partial charge in [-0.25, -0.2) is 0 Å². The molecule has 0 saturated heterocycles. The van der Waals surface area contributed by atoms with Gasteiger partial charge < -0.3 is 4.90 Å². The van der Waals surface area contributed by atoms with Gasteiger partial charge in [0.15, 0.2) is 0 Å². The van der Waals surface area contributed by atoms with Crippen molar-refractivity contribution in [3.8, 4) is 44.5 Å². The molecule has 1 nitrogen and oxygen atoms in total. The normalized spacial score (nSPS) is 12.6. The molecule has 0 amide bonds. The molecule has 0 N–H and O–H groups in total. The summed E-state index contributed by atoms with van der Waals surface area (Å²) in [5.74, 6) is 0. The number of benzene rings is 12. The van der Waals surface area contributed by atoms with Gasteiger partial charge in [0, 0.05) is 37.0 Å². The molecule has 12 aromatic carbocycles. The van der Waals surface area contributed by atoms with Crippen LogP contribution in [-0.4, -0.2) is 0 Å². The van der Waals surface area contributed by atoms with Crippen LogP contribution in [0.1, 0.15) is 22.3 Å². The minimum atomic E-state index is -0.557. The molecule has 2 heteroatoms. The number of nitrogens with zero attached hydrogens (tertiary/aromatic N) is 1. The summed E-state index contributed by atoms with van der Waals surface area (Å²) in [6.07, 6.45) is 0. The van der Waals surface area contributed by atoms with Gasteiger partial charge in [-0.15, -0.1) is 11.3 Å². The molecule has 1 heterocycles. The van der Waals surface area contributed by atoms with Crippen LogP contribution in [0.5, 0.6) is 0 Å². The second-order valence-electron chi connectivity index (χ2n) is 18.7. The van der Waals surface area contributed by atoms with E-state index in [1.807, 2.05) is 11.3 Å². The van der Waals surface area contributed by atoms with Crippen LogP contribution in [-0.2, 0) is 5.41 Å². The van der Waals surface area contributed by atoms with Gasteiger partial charge in [0.1, 0.15) is 0 Å². The van der Waals surface area contributed by atoms with Crippen LogP contribution in [0.25, 0.3) is 86.2 Å². The lowest BCUT2D eigenvalue weighted by atomic mass is 9.68. The molecule has 71 heavy (non-hydrogen) atoms. The molecule has 0 atom stereocenters. The lowest BCUT2D eigenvalue weighted by molar-refractivity contribution is 0.768. The number of thiophene rings is 1. The van der Waals surface area contributed by atoms with E-state index in [4.69, 9.17) is 0 Å². The Balaban J connectivity index is 1.05. The van der Waals surface area contributed by atoms with E-state index in [2.05, 4.69) is 278 Å². The van der Waals surface area contributed by atoms with E-state index < -0.39 is 5.41 Å². The van der Waals surface area contributed by atoms with Gasteiger partial charge in [-0.1, -0.05) is 224 Å². The lowest BCUT2D eigenvalue weighted by Crippen LogP contribution is -2.28. The van der Waals surface area contributed by atoms with Crippen LogP contribution in [0.4, 0.5) is 17.1 Å². The van der Waals surface area contributed by atoms with E-state index in [-0.39, 0.29) is 0 Å². The van der Waals surface area contributed by atoms with Crippen molar-refractivity contribution in [2.75, 3.05) is 4.90 Å². The average molecular weight is 920 g/mol. The first-order chi connectivity index (χ1) is 35.2. The SMILES string of the molecule is c1ccc(-c2ccc(-c3cc4ccccc4c4ccccc34)cc2N(c2ccc(-c3ccc4sc5ccccc5c4c3)cc2)c2cccc3c2-c2ccccc2C3(c2ccccc2)c2ccccc2)cc1. The Bertz CT molecular complexity index is 4110. The van der Waals surface area contributed by atoms with Crippen LogP contribution in [0, 0.1) is 0 Å². The molecule has 1 aromatic heterocycles. The third kappa shape index (κ3) is 6.53. The molecule has 0 bridgehead atoms. The van der Waals surface area contributed by atoms with Gasteiger partial charge in [-0.05, 0) is 126 Å². The summed E-state index contributed by atoms with van der Waals surface area (Å²) in [6.45, 7) is 0. The second kappa shape index (κ2) is 16.7. The highest BCUT2D eigenvalue weighted by Gasteiger charge is 2.47. The van der Waals surface area contributed by atoms with Crippen molar-refractivity contribution in [3.63, 3.8) is 0 Å². The number of fused-ring (bicyclic) bond motifs is 9. The summed E-state index contributed by atoms with van der Waals surface area (Å²) in [6, 6.07) is 101. The van der Waals surface area contributed by atoms with E-state index in [1.165, 1.54) is 91.8 Å². The molecule has 0 unspecified atom stereocenters. The quantitative estimate of drug-likeness (QED) is 0.137. The Kier molecular flexibility index (Phi) is 9.69. The smallest absolute Gasteiger partial charge is 0.0714 e. The monoisotopic (exact) mass is 919 g/mol. The Morgan fingerprint density at radius 3 is 1.66 bits per heavy atom. The van der Waals surface area contributed by atoms with Gasteiger partial charge in [0.05, 0.1) is 16.8 Å². The first-order valence-corrected chi connectivity index (χ1v) is 25.3. The standard InChI is InChI=1S/C69H45NS/c1-4-19-47(20-5-1)55-41-37-50(60-44-49-21-10-11-26-54(49)56-27-12-13-28-57(56)60)45-65(55)70(53-39-35-46(36-40-53)48-38-42-67-61(43-48)58-29-15-17-34-66(58)71-67)64-33-18-32-63-68(64)59-30-14-16-31-62(59)69(63,51-22-6-2-7-23-51)52-24-8-3-9-25-52/h1-45H. The number of anilines is 3. The fourth-order valence-electron chi connectivity index (χ4n) is 11.8. The van der Waals surface area contributed by atoms with Gasteiger partial charge in [0.25, 0.3) is 0 Å². The van der Waals surface area contributed by atoms with Gasteiger partial charge >= 0.3 is 0 Å². The van der Waals surface area contributed by atoms with Crippen molar-refractivity contribution >= 4 is 70.1 Å². The summed E-state index contributed by atoms with van der Waals surface area (Å²) >= 11 is 1.86. The molecule has 0 aliphatic heterocycles. The van der Waals surface area contributed by atoms with Crippen LogP contribution in [0.15, 0.2) is 273 Å². The Labute approximate surface area is 417 Å². The molecule has 0 saturated carbocycles. The maximum absolute atomic E-state index is 2.55. The van der Waals surface area contributed by atoms with Crippen molar-refractivity contribution in [3.05, 3.63) is 295 Å². The maximum Gasteiger partial charge on any atom is 0.0714 e. The second-order valence-corrected chi connectivity index (χ2v) is 19.8. The first kappa shape index (κ1) is 41.2. The van der Waals surface area contributed by atoms with Crippen molar-refractivity contribution in [1.82, 2.24) is 0 Å². The molecule has 14 rings (SSSR count). The molecule has 332 valence electrons. The molecule has 0 radical (unpaired) electrons. The predicted molar refractivity (Wildman–Crippen MR) is 303 cm³/mol. The average Bonchev–Trinajstić information content (AvgIpc) is 3.98. The zero-order valence-corrected chi connectivity index (χ0v) is 39.7. The summed E-state index contributed by atoms with van der Waals surface area (Å²) in [5, 5.41) is 7.60. The van der Waals surface area contributed by atoms with Crippen molar-refractivity contribution in [2.45, 2.75) is 5.41 Å². The van der Waals surface area contributed by atoms with Crippen LogP contribution in [0.3, 0.4) is 0 Å². The molecule has 1 aliphatic rings. The highest BCUT2D eigenvalue weighted by atomic mass is 32.1. The summed E-state index contributed by atoms with van der Waals surface area (Å²) in [5.41, 5.74) is 17.3. The van der Waals surface area contributed by atoms with E-state index in [9.17, 15) is 0 Å². The van der Waals surface area contributed by atoms with Crippen molar-refractivity contribution in [2.24, 2.45) is 0 Å². The summed E-state index contributed by atoms with van der Waals surface area (Å²) < 4.78 is 2.63. The third-order valence-corrected chi connectivity index (χ3v) is 16.1. The number of rotatable bonds is 8. The van der Waals surface area contributed by atoms with E-state index in [1.54, 1.807) is 0 Å². The lowest BCUT2D eigenvalue weighted by Gasteiger charge is -2.34. The highest BCUT2D eigenvalue weighted by molar-refractivity contribution is 7.25. The predicted octanol–water partition coefficient (Wildman–Crippen LogP) is 19.2. The summed E-state index contributed by atoms with van der Waals surface area (Å²) in [7, 11) is 0. The number of hydrogen-bond acceptors (Lipinski definition) is 2. The maximum atomic E-state index is 2.55. The van der Waals surface area contributed by atoms with Crippen molar-refractivity contribution < 1.29 is 0 Å². The van der Waals surface area contributed by atoms with Crippen molar-refractivity contribution in [1.29, 1.82) is 0 Å². The van der Waals surface area contributed by atoms with E-state index in [0.29, 0.717) is 0 Å². The van der Waals surface area contributed by atoms with Gasteiger partial charge in [-0.2, -0.15) is 0 Å². The van der Waals surface area contributed by atoms with E-state index >= 15 is 0 Å². The topological polar surface area (TPSA) is 3.24 Å².